The van der Waals surface area contributed by atoms with Crippen LogP contribution in [0.15, 0.2) is 24.3 Å². The molecular weight excluding hydrogens is 224 g/mol. The topological polar surface area (TPSA) is 83.8 Å². The molecule has 1 atom stereocenters. The van der Waals surface area contributed by atoms with Crippen LogP contribution in [0.4, 0.5) is 0 Å². The van der Waals surface area contributed by atoms with E-state index < -0.39 is 18.0 Å². The molecule has 0 saturated heterocycles. The lowest BCUT2D eigenvalue weighted by molar-refractivity contribution is -0.142. The summed E-state index contributed by atoms with van der Waals surface area (Å²) >= 11 is 0. The summed E-state index contributed by atoms with van der Waals surface area (Å²) in [4.78, 5) is 21.4. The number of benzene rings is 1. The molecule has 0 spiro atoms. The average Bonchev–Trinajstić information content (AvgIpc) is 2.28. The predicted molar refractivity (Wildman–Crippen MR) is 59.7 cm³/mol. The average molecular weight is 238 g/mol. The molecule has 0 bridgehead atoms. The fourth-order valence-corrected chi connectivity index (χ4v) is 1.18. The van der Waals surface area contributed by atoms with Crippen LogP contribution in [0.3, 0.4) is 0 Å². The maximum absolute atomic E-state index is 11.1. The Bertz CT molecular complexity index is 394. The van der Waals surface area contributed by atoms with Crippen molar-refractivity contribution < 1.29 is 24.5 Å². The number of hydrogen-bond donors (Lipinski definition) is 2. The number of carbonyl (C=O) groups excluding carboxylic acids is 1. The van der Waals surface area contributed by atoms with Crippen molar-refractivity contribution in [1.29, 1.82) is 0 Å². The smallest absolute Gasteiger partial charge is 0.340 e. The lowest BCUT2D eigenvalue weighted by Gasteiger charge is -2.06. The van der Waals surface area contributed by atoms with E-state index in [-0.39, 0.29) is 6.42 Å². The molecule has 1 aromatic carbocycles. The molecule has 17 heavy (non-hydrogen) atoms. The minimum atomic E-state index is -1.17. The van der Waals surface area contributed by atoms with Gasteiger partial charge in [-0.1, -0.05) is 12.1 Å². The van der Waals surface area contributed by atoms with Crippen LogP contribution < -0.4 is 4.74 Å². The molecule has 0 fully saturated rings. The Morgan fingerprint density at radius 3 is 2.35 bits per heavy atom. The van der Waals surface area contributed by atoms with E-state index in [0.29, 0.717) is 12.2 Å². The maximum atomic E-state index is 11.1. The Hall–Kier alpha value is -1.88. The number of esters is 1. The van der Waals surface area contributed by atoms with E-state index in [0.717, 1.165) is 5.56 Å². The summed E-state index contributed by atoms with van der Waals surface area (Å²) in [6, 6.07) is 6.51. The fourth-order valence-electron chi connectivity index (χ4n) is 1.18. The Kier molecular flexibility index (Phi) is 4.66. The second-order valence-corrected chi connectivity index (χ2v) is 3.63. The van der Waals surface area contributed by atoms with Crippen molar-refractivity contribution in [2.75, 3.05) is 0 Å². The molecule has 1 unspecified atom stereocenters. The highest BCUT2D eigenvalue weighted by molar-refractivity contribution is 5.76. The number of carbonyl (C=O) groups is 2. The van der Waals surface area contributed by atoms with Gasteiger partial charge in [-0.25, -0.2) is 4.79 Å². The highest BCUT2D eigenvalue weighted by atomic mass is 16.5. The third kappa shape index (κ3) is 4.65. The summed E-state index contributed by atoms with van der Waals surface area (Å²) in [5, 5.41) is 17.5. The first-order valence-electron chi connectivity index (χ1n) is 5.19. The van der Waals surface area contributed by atoms with Crippen LogP contribution in [0.2, 0.25) is 0 Å². The number of aliphatic hydroxyl groups excluding tert-OH is 1. The monoisotopic (exact) mass is 238 g/mol. The first-order valence-corrected chi connectivity index (χ1v) is 5.19. The number of aryl methyl sites for hydroxylation is 1. The Morgan fingerprint density at radius 1 is 1.29 bits per heavy atom. The molecule has 2 N–H and O–H groups in total. The number of carboxylic acid groups (broad SMARTS) is 1. The zero-order valence-electron chi connectivity index (χ0n) is 9.42. The second kappa shape index (κ2) is 6.00. The lowest BCUT2D eigenvalue weighted by atomic mass is 10.1. The SMILES string of the molecule is CC(O)C(=O)Oc1ccc(CCC(=O)O)cc1. The zero-order chi connectivity index (χ0) is 12.8. The van der Waals surface area contributed by atoms with Gasteiger partial charge in [-0.3, -0.25) is 4.79 Å². The number of carboxylic acids is 1. The summed E-state index contributed by atoms with van der Waals surface area (Å²) in [6.45, 7) is 1.32. The molecule has 0 heterocycles. The largest absolute Gasteiger partial charge is 0.481 e. The van der Waals surface area contributed by atoms with Crippen molar-refractivity contribution in [2.45, 2.75) is 25.9 Å². The Balaban J connectivity index is 2.56. The summed E-state index contributed by atoms with van der Waals surface area (Å²) < 4.78 is 4.85. The number of rotatable bonds is 5. The summed E-state index contributed by atoms with van der Waals surface area (Å²) in [7, 11) is 0. The van der Waals surface area contributed by atoms with E-state index >= 15 is 0 Å². The van der Waals surface area contributed by atoms with E-state index in [4.69, 9.17) is 14.9 Å². The molecule has 0 aromatic heterocycles. The van der Waals surface area contributed by atoms with E-state index in [2.05, 4.69) is 0 Å². The van der Waals surface area contributed by atoms with E-state index in [1.165, 1.54) is 6.92 Å². The van der Waals surface area contributed by atoms with E-state index in [1.807, 2.05) is 0 Å². The van der Waals surface area contributed by atoms with Crippen molar-refractivity contribution in [3.8, 4) is 5.75 Å². The van der Waals surface area contributed by atoms with E-state index in [1.54, 1.807) is 24.3 Å². The van der Waals surface area contributed by atoms with Crippen molar-refractivity contribution in [1.82, 2.24) is 0 Å². The van der Waals surface area contributed by atoms with Gasteiger partial charge < -0.3 is 14.9 Å². The normalized spacial score (nSPS) is 11.9. The van der Waals surface area contributed by atoms with Gasteiger partial charge in [-0.15, -0.1) is 0 Å². The van der Waals surface area contributed by atoms with Crippen LogP contribution in [0, 0.1) is 0 Å². The van der Waals surface area contributed by atoms with E-state index in [9.17, 15) is 9.59 Å². The highest BCUT2D eigenvalue weighted by Crippen LogP contribution is 2.14. The molecular formula is C12H14O5. The molecule has 0 saturated carbocycles. The van der Waals surface area contributed by atoms with Crippen LogP contribution in [0.25, 0.3) is 0 Å². The first-order chi connectivity index (χ1) is 7.99. The van der Waals surface area contributed by atoms with Crippen molar-refractivity contribution >= 4 is 11.9 Å². The van der Waals surface area contributed by atoms with Gasteiger partial charge in [0.2, 0.25) is 0 Å². The molecule has 0 aliphatic carbocycles. The molecule has 1 rings (SSSR count). The summed E-state index contributed by atoms with van der Waals surface area (Å²) in [5.41, 5.74) is 0.851. The van der Waals surface area contributed by atoms with Gasteiger partial charge in [0.05, 0.1) is 0 Å². The predicted octanol–water partition coefficient (Wildman–Crippen LogP) is 0.990. The van der Waals surface area contributed by atoms with Crippen LogP contribution in [0.5, 0.6) is 5.75 Å². The number of hydrogen-bond acceptors (Lipinski definition) is 4. The Labute approximate surface area is 98.6 Å². The Morgan fingerprint density at radius 2 is 1.88 bits per heavy atom. The minimum absolute atomic E-state index is 0.0623. The second-order valence-electron chi connectivity index (χ2n) is 3.63. The molecule has 0 amide bonds. The van der Waals surface area contributed by atoms with Crippen molar-refractivity contribution in [3.05, 3.63) is 29.8 Å². The van der Waals surface area contributed by atoms with Gasteiger partial charge in [0, 0.05) is 6.42 Å². The molecule has 5 nitrogen and oxygen atoms in total. The minimum Gasteiger partial charge on any atom is -0.481 e. The van der Waals surface area contributed by atoms with Gasteiger partial charge in [0.15, 0.2) is 0 Å². The molecule has 92 valence electrons. The van der Waals surface area contributed by atoms with Gasteiger partial charge in [0.1, 0.15) is 11.9 Å². The molecule has 5 heteroatoms. The summed E-state index contributed by atoms with van der Waals surface area (Å²) in [6.07, 6.45) is -0.672. The van der Waals surface area contributed by atoms with Gasteiger partial charge in [-0.05, 0) is 31.0 Å². The van der Waals surface area contributed by atoms with Crippen LogP contribution in [-0.2, 0) is 16.0 Å². The van der Waals surface area contributed by atoms with Crippen molar-refractivity contribution in [2.24, 2.45) is 0 Å². The number of aliphatic carboxylic acids is 1. The third-order valence-corrected chi connectivity index (χ3v) is 2.11. The van der Waals surface area contributed by atoms with Crippen LogP contribution in [-0.4, -0.2) is 28.3 Å². The lowest BCUT2D eigenvalue weighted by Crippen LogP contribution is -2.22. The molecule has 0 radical (unpaired) electrons. The van der Waals surface area contributed by atoms with Crippen LogP contribution >= 0.6 is 0 Å². The van der Waals surface area contributed by atoms with Gasteiger partial charge in [0.25, 0.3) is 0 Å². The van der Waals surface area contributed by atoms with Crippen molar-refractivity contribution in [3.63, 3.8) is 0 Å². The zero-order valence-corrected chi connectivity index (χ0v) is 9.42. The molecule has 0 aliphatic rings. The van der Waals surface area contributed by atoms with Gasteiger partial charge in [-0.2, -0.15) is 0 Å². The van der Waals surface area contributed by atoms with Crippen LogP contribution in [0.1, 0.15) is 18.9 Å². The number of ether oxygens (including phenoxy) is 1. The standard InChI is InChI=1S/C12H14O5/c1-8(13)12(16)17-10-5-2-9(3-6-10)4-7-11(14)15/h2-3,5-6,8,13H,4,7H2,1H3,(H,14,15). The summed E-state index contributed by atoms with van der Waals surface area (Å²) in [5.74, 6) is -1.24. The molecule has 0 aliphatic heterocycles. The number of aliphatic hydroxyl groups is 1. The fraction of sp³-hybridized carbons (Fsp3) is 0.333. The third-order valence-electron chi connectivity index (χ3n) is 2.11. The first kappa shape index (κ1) is 13.2. The maximum Gasteiger partial charge on any atom is 0.340 e. The highest BCUT2D eigenvalue weighted by Gasteiger charge is 2.11. The quantitative estimate of drug-likeness (QED) is 0.590. The molecule has 1 aromatic rings. The van der Waals surface area contributed by atoms with Gasteiger partial charge >= 0.3 is 11.9 Å².